The van der Waals surface area contributed by atoms with Gasteiger partial charge in [0.2, 0.25) is 0 Å². The maximum absolute atomic E-state index is 12.1. The van der Waals surface area contributed by atoms with Crippen molar-refractivity contribution in [3.8, 4) is 0 Å². The SMILES string of the molecule is Cc1cc(NC(=O)c2ccc(N)cc2)cc(C(=O)O)c1C. The third kappa shape index (κ3) is 3.20. The van der Waals surface area contributed by atoms with Crippen molar-refractivity contribution < 1.29 is 14.7 Å². The number of nitrogen functional groups attached to an aromatic ring is 1. The van der Waals surface area contributed by atoms with Crippen LogP contribution in [0.5, 0.6) is 0 Å². The Morgan fingerprint density at radius 2 is 1.71 bits per heavy atom. The Morgan fingerprint density at radius 3 is 2.29 bits per heavy atom. The van der Waals surface area contributed by atoms with E-state index in [1.54, 1.807) is 44.2 Å². The van der Waals surface area contributed by atoms with E-state index in [1.165, 1.54) is 6.07 Å². The van der Waals surface area contributed by atoms with Crippen molar-refractivity contribution in [1.82, 2.24) is 0 Å². The van der Waals surface area contributed by atoms with Gasteiger partial charge in [-0.3, -0.25) is 4.79 Å². The normalized spacial score (nSPS) is 10.2. The molecule has 0 bridgehead atoms. The van der Waals surface area contributed by atoms with Gasteiger partial charge in [0.1, 0.15) is 0 Å². The fraction of sp³-hybridized carbons (Fsp3) is 0.125. The fourth-order valence-corrected chi connectivity index (χ4v) is 1.99. The molecule has 5 nitrogen and oxygen atoms in total. The molecular weight excluding hydrogens is 268 g/mol. The van der Waals surface area contributed by atoms with Crippen LogP contribution in [0.2, 0.25) is 0 Å². The van der Waals surface area contributed by atoms with Crippen molar-refractivity contribution in [2.45, 2.75) is 13.8 Å². The molecule has 1 amide bonds. The van der Waals surface area contributed by atoms with Gasteiger partial charge < -0.3 is 16.2 Å². The molecule has 0 spiro atoms. The largest absolute Gasteiger partial charge is 0.478 e. The van der Waals surface area contributed by atoms with Gasteiger partial charge in [-0.15, -0.1) is 0 Å². The number of benzene rings is 2. The second-order valence-electron chi connectivity index (χ2n) is 4.85. The number of rotatable bonds is 3. The zero-order valence-corrected chi connectivity index (χ0v) is 11.8. The summed E-state index contributed by atoms with van der Waals surface area (Å²) in [7, 11) is 0. The first kappa shape index (κ1) is 14.6. The number of aryl methyl sites for hydroxylation is 1. The highest BCUT2D eigenvalue weighted by Gasteiger charge is 2.13. The monoisotopic (exact) mass is 284 g/mol. The van der Waals surface area contributed by atoms with Crippen molar-refractivity contribution in [3.05, 3.63) is 58.7 Å². The molecule has 0 aliphatic heterocycles. The van der Waals surface area contributed by atoms with Gasteiger partial charge in [-0.2, -0.15) is 0 Å². The second-order valence-corrected chi connectivity index (χ2v) is 4.85. The average Bonchev–Trinajstić information content (AvgIpc) is 2.43. The minimum atomic E-state index is -1.01. The van der Waals surface area contributed by atoms with Crippen molar-refractivity contribution in [1.29, 1.82) is 0 Å². The third-order valence-corrected chi connectivity index (χ3v) is 3.33. The molecule has 2 aromatic carbocycles. The van der Waals surface area contributed by atoms with Gasteiger partial charge in [-0.25, -0.2) is 4.79 Å². The minimum Gasteiger partial charge on any atom is -0.478 e. The van der Waals surface area contributed by atoms with Crippen molar-refractivity contribution in [3.63, 3.8) is 0 Å². The number of hydrogen-bond donors (Lipinski definition) is 3. The zero-order chi connectivity index (χ0) is 15.6. The molecule has 0 fully saturated rings. The molecule has 0 radical (unpaired) electrons. The fourth-order valence-electron chi connectivity index (χ4n) is 1.99. The molecule has 5 heteroatoms. The Labute approximate surface area is 122 Å². The second kappa shape index (κ2) is 5.66. The maximum atomic E-state index is 12.1. The van der Waals surface area contributed by atoms with Crippen molar-refractivity contribution in [2.75, 3.05) is 11.1 Å². The number of anilines is 2. The summed E-state index contributed by atoms with van der Waals surface area (Å²) in [6.45, 7) is 3.55. The standard InChI is InChI=1S/C16H16N2O3/c1-9-7-13(8-14(10(9)2)16(20)21)18-15(19)11-3-5-12(17)6-4-11/h3-8H,17H2,1-2H3,(H,18,19)(H,20,21). The van der Waals surface area contributed by atoms with E-state index in [4.69, 9.17) is 10.8 Å². The van der Waals surface area contributed by atoms with Gasteiger partial charge in [-0.05, 0) is 61.4 Å². The molecule has 0 unspecified atom stereocenters. The van der Waals surface area contributed by atoms with Gasteiger partial charge in [0, 0.05) is 16.9 Å². The van der Waals surface area contributed by atoms with E-state index < -0.39 is 5.97 Å². The van der Waals surface area contributed by atoms with Crippen LogP contribution in [0.4, 0.5) is 11.4 Å². The Kier molecular flexibility index (Phi) is 3.93. The molecule has 0 saturated heterocycles. The van der Waals surface area contributed by atoms with Gasteiger partial charge in [0.25, 0.3) is 5.91 Å². The van der Waals surface area contributed by atoms with E-state index in [9.17, 15) is 9.59 Å². The molecule has 0 aliphatic carbocycles. The van der Waals surface area contributed by atoms with Crippen LogP contribution in [-0.2, 0) is 0 Å². The Bertz CT molecular complexity index is 706. The number of amides is 1. The third-order valence-electron chi connectivity index (χ3n) is 3.33. The van der Waals surface area contributed by atoms with Crippen LogP contribution >= 0.6 is 0 Å². The highest BCUT2D eigenvalue weighted by atomic mass is 16.4. The molecule has 2 aromatic rings. The molecule has 2 rings (SSSR count). The summed E-state index contributed by atoms with van der Waals surface area (Å²) < 4.78 is 0. The molecular formula is C16H16N2O3. The van der Waals surface area contributed by atoms with E-state index in [-0.39, 0.29) is 11.5 Å². The predicted molar refractivity (Wildman–Crippen MR) is 81.7 cm³/mol. The lowest BCUT2D eigenvalue weighted by Crippen LogP contribution is -2.13. The first-order valence-electron chi connectivity index (χ1n) is 6.40. The molecule has 4 N–H and O–H groups in total. The first-order chi connectivity index (χ1) is 9.88. The Morgan fingerprint density at radius 1 is 1.10 bits per heavy atom. The predicted octanol–water partition coefficient (Wildman–Crippen LogP) is 2.84. The Balaban J connectivity index is 2.29. The molecule has 0 atom stereocenters. The lowest BCUT2D eigenvalue weighted by Gasteiger charge is -2.11. The minimum absolute atomic E-state index is 0.183. The summed E-state index contributed by atoms with van der Waals surface area (Å²) >= 11 is 0. The van der Waals surface area contributed by atoms with Crippen LogP contribution in [0, 0.1) is 13.8 Å². The van der Waals surface area contributed by atoms with Crippen LogP contribution in [0.3, 0.4) is 0 Å². The first-order valence-corrected chi connectivity index (χ1v) is 6.40. The van der Waals surface area contributed by atoms with Crippen LogP contribution in [0.15, 0.2) is 36.4 Å². The number of nitrogens with two attached hydrogens (primary N) is 1. The molecule has 0 aliphatic rings. The number of hydrogen-bond acceptors (Lipinski definition) is 3. The van der Waals surface area contributed by atoms with E-state index in [1.807, 2.05) is 0 Å². The van der Waals surface area contributed by atoms with E-state index >= 15 is 0 Å². The van der Waals surface area contributed by atoms with Gasteiger partial charge in [-0.1, -0.05) is 0 Å². The quantitative estimate of drug-likeness (QED) is 0.756. The van der Waals surface area contributed by atoms with E-state index in [2.05, 4.69) is 5.32 Å². The summed E-state index contributed by atoms with van der Waals surface area (Å²) in [6, 6.07) is 9.71. The summed E-state index contributed by atoms with van der Waals surface area (Å²) in [5.74, 6) is -1.33. The number of carboxylic acids is 1. The van der Waals surface area contributed by atoms with Gasteiger partial charge in [0.05, 0.1) is 5.56 Å². The van der Waals surface area contributed by atoms with Crippen LogP contribution in [0.1, 0.15) is 31.8 Å². The molecule has 0 heterocycles. The maximum Gasteiger partial charge on any atom is 0.336 e. The summed E-state index contributed by atoms with van der Waals surface area (Å²) in [4.78, 5) is 23.3. The summed E-state index contributed by atoms with van der Waals surface area (Å²) in [5, 5.41) is 11.9. The van der Waals surface area contributed by atoms with Crippen molar-refractivity contribution >= 4 is 23.3 Å². The van der Waals surface area contributed by atoms with E-state index in [0.29, 0.717) is 22.5 Å². The molecule has 0 aromatic heterocycles. The average molecular weight is 284 g/mol. The number of carbonyl (C=O) groups excluding carboxylic acids is 1. The number of aromatic carboxylic acids is 1. The van der Waals surface area contributed by atoms with Crippen LogP contribution in [0.25, 0.3) is 0 Å². The number of nitrogens with one attached hydrogen (secondary N) is 1. The van der Waals surface area contributed by atoms with Gasteiger partial charge >= 0.3 is 5.97 Å². The molecule has 21 heavy (non-hydrogen) atoms. The Hall–Kier alpha value is -2.82. The summed E-state index contributed by atoms with van der Waals surface area (Å²) in [5.41, 5.74) is 8.74. The van der Waals surface area contributed by atoms with Crippen LogP contribution in [-0.4, -0.2) is 17.0 Å². The lowest BCUT2D eigenvalue weighted by atomic mass is 10.0. The zero-order valence-electron chi connectivity index (χ0n) is 11.8. The molecule has 108 valence electrons. The number of carboxylic acid groups (broad SMARTS) is 1. The molecule has 0 saturated carbocycles. The van der Waals surface area contributed by atoms with E-state index in [0.717, 1.165) is 5.56 Å². The smallest absolute Gasteiger partial charge is 0.336 e. The summed E-state index contributed by atoms with van der Waals surface area (Å²) in [6.07, 6.45) is 0. The topological polar surface area (TPSA) is 92.4 Å². The highest BCUT2D eigenvalue weighted by molar-refractivity contribution is 6.05. The van der Waals surface area contributed by atoms with Crippen LogP contribution < -0.4 is 11.1 Å². The van der Waals surface area contributed by atoms with Crippen molar-refractivity contribution in [2.24, 2.45) is 0 Å². The highest BCUT2D eigenvalue weighted by Crippen LogP contribution is 2.21. The van der Waals surface area contributed by atoms with Gasteiger partial charge in [0.15, 0.2) is 0 Å². The number of carbonyl (C=O) groups is 2. The lowest BCUT2D eigenvalue weighted by molar-refractivity contribution is 0.0695.